The van der Waals surface area contributed by atoms with Gasteiger partial charge in [0, 0.05) is 69.9 Å². The Morgan fingerprint density at radius 3 is 1.79 bits per heavy atom. The first-order chi connectivity index (χ1) is 25.8. The monoisotopic (exact) mass is 680 g/mol. The molecule has 0 fully saturated rings. The molecule has 0 radical (unpaired) electrons. The summed E-state index contributed by atoms with van der Waals surface area (Å²) in [4.78, 5) is 16.0. The number of pyridine rings is 1. The van der Waals surface area contributed by atoms with E-state index in [1.807, 2.05) is 17.4 Å². The lowest BCUT2D eigenvalue weighted by molar-refractivity contribution is 1.05. The Balaban J connectivity index is 1.21. The fourth-order valence-electron chi connectivity index (χ4n) is 7.87. The van der Waals surface area contributed by atoms with Crippen molar-refractivity contribution in [2.24, 2.45) is 0 Å². The van der Waals surface area contributed by atoms with Crippen LogP contribution in [0.5, 0.6) is 0 Å². The SMILES string of the molecule is c1ccc(-c2cc(-n3c4ccccc4c4ccccc43)nc(-c3ccc4c(c3)nc(-c3ccccc3)c3ccc5sc6ccccc6c5c34)n2)cc1. The van der Waals surface area contributed by atoms with Crippen LogP contribution in [-0.2, 0) is 0 Å². The minimum Gasteiger partial charge on any atom is -0.294 e. The number of hydrogen-bond acceptors (Lipinski definition) is 4. The van der Waals surface area contributed by atoms with Crippen molar-refractivity contribution in [3.8, 4) is 39.7 Å². The lowest BCUT2D eigenvalue weighted by atomic mass is 9.95. The molecule has 4 nitrogen and oxygen atoms in total. The summed E-state index contributed by atoms with van der Waals surface area (Å²) in [6.45, 7) is 0. The number of rotatable bonds is 4. The van der Waals surface area contributed by atoms with E-state index in [1.54, 1.807) is 0 Å². The highest BCUT2D eigenvalue weighted by atomic mass is 32.1. The van der Waals surface area contributed by atoms with Crippen molar-refractivity contribution < 1.29 is 0 Å². The van der Waals surface area contributed by atoms with Gasteiger partial charge in [-0.25, -0.2) is 15.0 Å². The first-order valence-electron chi connectivity index (χ1n) is 17.5. The van der Waals surface area contributed by atoms with Crippen LogP contribution in [0.2, 0.25) is 0 Å². The highest BCUT2D eigenvalue weighted by molar-refractivity contribution is 7.26. The zero-order valence-electron chi connectivity index (χ0n) is 27.9. The third-order valence-corrected chi connectivity index (χ3v) is 11.3. The first-order valence-corrected chi connectivity index (χ1v) is 18.3. The van der Waals surface area contributed by atoms with Crippen molar-refractivity contribution in [1.29, 1.82) is 0 Å². The Hall–Kier alpha value is -6.69. The lowest BCUT2D eigenvalue weighted by Gasteiger charge is -2.14. The quantitative estimate of drug-likeness (QED) is 0.174. The average Bonchev–Trinajstić information content (AvgIpc) is 3.77. The van der Waals surface area contributed by atoms with E-state index in [4.69, 9.17) is 15.0 Å². The van der Waals surface area contributed by atoms with Crippen LogP contribution in [-0.4, -0.2) is 19.5 Å². The Kier molecular flexibility index (Phi) is 6.39. The fourth-order valence-corrected chi connectivity index (χ4v) is 8.98. The molecule has 0 bridgehead atoms. The molecule has 5 heteroatoms. The average molecular weight is 681 g/mol. The van der Waals surface area contributed by atoms with Crippen molar-refractivity contribution in [2.45, 2.75) is 0 Å². The zero-order valence-corrected chi connectivity index (χ0v) is 28.7. The van der Waals surface area contributed by atoms with Crippen LogP contribution in [0.25, 0.3) is 103 Å². The molecule has 0 unspecified atom stereocenters. The van der Waals surface area contributed by atoms with Gasteiger partial charge in [0.25, 0.3) is 0 Å². The van der Waals surface area contributed by atoms with Gasteiger partial charge in [0.15, 0.2) is 5.82 Å². The topological polar surface area (TPSA) is 43.6 Å². The maximum Gasteiger partial charge on any atom is 0.162 e. The molecule has 0 saturated carbocycles. The maximum atomic E-state index is 5.41. The van der Waals surface area contributed by atoms with Crippen LogP contribution in [0.4, 0.5) is 0 Å². The molecule has 0 aliphatic rings. The summed E-state index contributed by atoms with van der Waals surface area (Å²) in [5.41, 5.74) is 8.02. The van der Waals surface area contributed by atoms with Gasteiger partial charge in [-0.05, 0) is 30.3 Å². The molecule has 4 heterocycles. The van der Waals surface area contributed by atoms with Gasteiger partial charge in [-0.1, -0.05) is 133 Å². The maximum absolute atomic E-state index is 5.41. The first kappa shape index (κ1) is 29.1. The minimum atomic E-state index is 0.655. The number of benzene rings is 7. The number of nitrogens with zero attached hydrogens (tertiary/aromatic N) is 4. The van der Waals surface area contributed by atoms with Gasteiger partial charge in [-0.3, -0.25) is 4.57 Å². The van der Waals surface area contributed by atoms with Gasteiger partial charge in [-0.2, -0.15) is 0 Å². The molecular formula is C47H28N4S. The van der Waals surface area contributed by atoms with Gasteiger partial charge in [0.1, 0.15) is 5.82 Å². The molecule has 7 aromatic carbocycles. The summed E-state index contributed by atoms with van der Waals surface area (Å²) in [7, 11) is 0. The Labute approximate surface area is 302 Å². The number of aromatic nitrogens is 4. The number of hydrogen-bond donors (Lipinski definition) is 0. The Bertz CT molecular complexity index is 3130. The third kappa shape index (κ3) is 4.43. The fraction of sp³-hybridized carbons (Fsp3) is 0. The molecule has 0 spiro atoms. The van der Waals surface area contributed by atoms with E-state index in [0.29, 0.717) is 5.82 Å². The molecule has 0 saturated heterocycles. The Morgan fingerprint density at radius 1 is 0.404 bits per heavy atom. The molecular weight excluding hydrogens is 653 g/mol. The second-order valence-electron chi connectivity index (χ2n) is 13.2. The summed E-state index contributed by atoms with van der Waals surface area (Å²) in [5.74, 6) is 1.48. The van der Waals surface area contributed by atoms with Crippen molar-refractivity contribution in [3.05, 3.63) is 170 Å². The van der Waals surface area contributed by atoms with Gasteiger partial charge in [0.2, 0.25) is 0 Å². The Morgan fingerprint density at radius 2 is 1.04 bits per heavy atom. The highest BCUT2D eigenvalue weighted by Gasteiger charge is 2.19. The van der Waals surface area contributed by atoms with Crippen LogP contribution in [0, 0.1) is 0 Å². The van der Waals surface area contributed by atoms with Crippen LogP contribution in [0.3, 0.4) is 0 Å². The van der Waals surface area contributed by atoms with Crippen LogP contribution in [0.15, 0.2) is 170 Å². The second kappa shape index (κ2) is 11.4. The van der Waals surface area contributed by atoms with Gasteiger partial charge < -0.3 is 0 Å². The van der Waals surface area contributed by atoms with E-state index >= 15 is 0 Å². The molecule has 4 aromatic heterocycles. The normalized spacial score (nSPS) is 11.8. The van der Waals surface area contributed by atoms with Crippen molar-refractivity contribution in [2.75, 3.05) is 0 Å². The van der Waals surface area contributed by atoms with Crippen molar-refractivity contribution in [3.63, 3.8) is 0 Å². The molecule has 11 aromatic rings. The smallest absolute Gasteiger partial charge is 0.162 e. The number of para-hydroxylation sites is 2. The van der Waals surface area contributed by atoms with Crippen molar-refractivity contribution in [1.82, 2.24) is 19.5 Å². The standard InChI is InChI=1S/C47H28N4S/c1-3-13-29(14-4-1)37-28-43(51-39-20-10-7-17-32(39)33-18-8-11-21-40(33)51)50-47(49-37)31-23-24-34-38(27-31)48-46(30-15-5-2-6-16-30)36-25-26-42-45(44(34)36)35-19-9-12-22-41(35)52-42/h1-28H. The van der Waals surface area contributed by atoms with Gasteiger partial charge in [-0.15, -0.1) is 11.3 Å². The minimum absolute atomic E-state index is 0.655. The largest absolute Gasteiger partial charge is 0.294 e. The summed E-state index contributed by atoms with van der Waals surface area (Å²) >= 11 is 1.85. The van der Waals surface area contributed by atoms with Crippen LogP contribution >= 0.6 is 11.3 Å². The van der Waals surface area contributed by atoms with Gasteiger partial charge >= 0.3 is 0 Å². The summed E-state index contributed by atoms with van der Waals surface area (Å²) in [6, 6.07) is 59.9. The van der Waals surface area contributed by atoms with E-state index in [0.717, 1.165) is 61.2 Å². The number of thiophene rings is 1. The molecule has 242 valence electrons. The summed E-state index contributed by atoms with van der Waals surface area (Å²) < 4.78 is 4.83. The van der Waals surface area contributed by atoms with E-state index in [1.165, 1.54) is 36.3 Å². The molecule has 0 atom stereocenters. The summed E-state index contributed by atoms with van der Waals surface area (Å²) in [6.07, 6.45) is 0. The summed E-state index contributed by atoms with van der Waals surface area (Å²) in [5, 5.41) is 8.46. The molecule has 52 heavy (non-hydrogen) atoms. The lowest BCUT2D eigenvalue weighted by Crippen LogP contribution is -2.02. The number of fused-ring (bicyclic) bond motifs is 10. The van der Waals surface area contributed by atoms with E-state index in [-0.39, 0.29) is 0 Å². The molecule has 0 aliphatic heterocycles. The predicted octanol–water partition coefficient (Wildman–Crippen LogP) is 12.6. The predicted molar refractivity (Wildman–Crippen MR) is 218 cm³/mol. The molecule has 0 amide bonds. The molecule has 0 N–H and O–H groups in total. The van der Waals surface area contributed by atoms with Crippen LogP contribution < -0.4 is 0 Å². The van der Waals surface area contributed by atoms with E-state index in [2.05, 4.69) is 168 Å². The molecule has 0 aliphatic carbocycles. The van der Waals surface area contributed by atoms with Crippen molar-refractivity contribution >= 4 is 75.0 Å². The third-order valence-electron chi connectivity index (χ3n) is 10.2. The second-order valence-corrected chi connectivity index (χ2v) is 14.3. The van der Waals surface area contributed by atoms with E-state index in [9.17, 15) is 0 Å². The molecule has 11 rings (SSSR count). The highest BCUT2D eigenvalue weighted by Crippen LogP contribution is 2.44. The van der Waals surface area contributed by atoms with Gasteiger partial charge in [0.05, 0.1) is 27.9 Å². The zero-order chi connectivity index (χ0) is 34.2. The van der Waals surface area contributed by atoms with E-state index < -0.39 is 0 Å². The van der Waals surface area contributed by atoms with Crippen LogP contribution in [0.1, 0.15) is 0 Å².